The van der Waals surface area contributed by atoms with E-state index in [2.05, 4.69) is 0 Å². The quantitative estimate of drug-likeness (QED) is 0.272. The van der Waals surface area contributed by atoms with Crippen molar-refractivity contribution in [3.63, 3.8) is 0 Å². The summed E-state index contributed by atoms with van der Waals surface area (Å²) < 4.78 is 8.88. The van der Waals surface area contributed by atoms with E-state index in [-0.39, 0.29) is 76.2 Å². The van der Waals surface area contributed by atoms with Crippen LogP contribution in [0.5, 0.6) is 0 Å². The van der Waals surface area contributed by atoms with Crippen LogP contribution in [0.3, 0.4) is 0 Å². The van der Waals surface area contributed by atoms with Gasteiger partial charge in [-0.05, 0) is 0 Å². The van der Waals surface area contributed by atoms with Crippen molar-refractivity contribution in [2.45, 2.75) is 0 Å². The van der Waals surface area contributed by atoms with E-state index >= 15 is 0 Å². The molecule has 0 heterocycles. The van der Waals surface area contributed by atoms with Crippen molar-refractivity contribution in [3.05, 3.63) is 0 Å². The fourth-order valence-corrected chi connectivity index (χ4v) is 0. The zero-order valence-electron chi connectivity index (χ0n) is 5.61. The summed E-state index contributed by atoms with van der Waals surface area (Å²) in [5.74, 6) is 0. The molecule has 0 spiro atoms. The van der Waals surface area contributed by atoms with Crippen molar-refractivity contribution >= 4 is 20.2 Å². The van der Waals surface area contributed by atoms with Gasteiger partial charge in [0.25, 0.3) is 0 Å². The van der Waals surface area contributed by atoms with E-state index in [4.69, 9.17) is 19.2 Å². The van der Waals surface area contributed by atoms with Gasteiger partial charge in [0.2, 0.25) is 0 Å². The average Bonchev–Trinajstić information content (AvgIpc) is 0.722. The molecule has 0 aliphatic heterocycles. The molecule has 0 bridgehead atoms. The van der Waals surface area contributed by atoms with Gasteiger partial charge in [-0.25, -0.2) is 4.57 Å². The third-order valence-corrected chi connectivity index (χ3v) is 0. The number of rotatable bonds is 0. The zero-order valence-corrected chi connectivity index (χ0v) is 9.44. The van der Waals surface area contributed by atoms with Crippen LogP contribution in [0.15, 0.2) is 0 Å². The maximum Gasteiger partial charge on any atom is 1.00 e. The van der Waals surface area contributed by atoms with E-state index in [0.29, 0.717) is 0 Å². The number of hydrogen-bond acceptors (Lipinski definition) is 1. The second kappa shape index (κ2) is 12.6. The first kappa shape index (κ1) is 30.6. The summed E-state index contributed by atoms with van der Waals surface area (Å²) in [6.45, 7) is 0. The minimum absolute atomic E-state index is 0. The van der Waals surface area contributed by atoms with Gasteiger partial charge in [-0.1, -0.05) is 0 Å². The van der Waals surface area contributed by atoms with Crippen LogP contribution in [0.1, 0.15) is 1.43 Å². The van der Waals surface area contributed by atoms with Crippen molar-refractivity contribution < 1.29 is 83.0 Å². The van der Waals surface area contributed by atoms with Crippen molar-refractivity contribution in [1.29, 1.82) is 0 Å². The summed E-state index contributed by atoms with van der Waals surface area (Å²) in [5.41, 5.74) is 0. The van der Waals surface area contributed by atoms with E-state index in [0.717, 1.165) is 0 Å². The molecule has 0 fully saturated rings. The Balaban J connectivity index is -0.00000000800. The zero-order chi connectivity index (χ0) is 4.50. The molecule has 58 valence electrons. The Kier molecular flexibility index (Phi) is 42.9. The molecule has 0 amide bonds. The van der Waals surface area contributed by atoms with Crippen LogP contribution in [-0.4, -0.2) is 25.6 Å². The molecular formula is H9ClKO6P. The summed E-state index contributed by atoms with van der Waals surface area (Å²) in [6.07, 6.45) is 0. The Morgan fingerprint density at radius 3 is 1.11 bits per heavy atom. The van der Waals surface area contributed by atoms with Crippen LogP contribution in [0.2, 0.25) is 0 Å². The van der Waals surface area contributed by atoms with E-state index in [1.807, 2.05) is 0 Å². The van der Waals surface area contributed by atoms with Gasteiger partial charge < -0.3 is 27.1 Å². The molecule has 0 aliphatic carbocycles. The predicted molar refractivity (Wildman–Crippen MR) is 29.9 cm³/mol. The second-order valence-corrected chi connectivity index (χ2v) is 1.54. The normalized spacial score (nSPS) is 6.56. The maximum atomic E-state index is 8.88. The Morgan fingerprint density at radius 1 is 1.11 bits per heavy atom. The molecule has 6 nitrogen and oxygen atoms in total. The summed E-state index contributed by atoms with van der Waals surface area (Å²) in [6, 6.07) is 0. The van der Waals surface area contributed by atoms with Crippen LogP contribution >= 0.6 is 20.2 Å². The Morgan fingerprint density at radius 2 is 1.11 bits per heavy atom. The fraction of sp³-hybridized carbons (Fsp3) is 0. The minimum atomic E-state index is -4.64. The van der Waals surface area contributed by atoms with Crippen molar-refractivity contribution in [1.82, 2.24) is 0 Å². The molecule has 9 heteroatoms. The van der Waals surface area contributed by atoms with E-state index < -0.39 is 7.82 Å². The smallest absolute Gasteiger partial charge is 1.00 e. The maximum absolute atomic E-state index is 8.88. The Hall–Kier alpha value is 1.96. The van der Waals surface area contributed by atoms with Gasteiger partial charge in [-0.2, -0.15) is 0 Å². The number of halogens is 1. The number of hydrogen-bond donors (Lipinski definition) is 3. The molecule has 0 unspecified atom stereocenters. The summed E-state index contributed by atoms with van der Waals surface area (Å²) in [5, 5.41) is 0. The van der Waals surface area contributed by atoms with Crippen LogP contribution in [0.25, 0.3) is 0 Å². The molecule has 0 saturated heterocycles. The molecule has 0 rings (SSSR count). The molecule has 0 atom stereocenters. The first-order chi connectivity index (χ1) is 2.00. The van der Waals surface area contributed by atoms with E-state index in [9.17, 15) is 0 Å². The first-order valence-corrected chi connectivity index (χ1v) is 2.35. The molecule has 9 heavy (non-hydrogen) atoms. The first-order valence-electron chi connectivity index (χ1n) is 0.783. The third kappa shape index (κ3) is 165. The fourth-order valence-electron chi connectivity index (χ4n) is 0. The number of phosphoric acid groups is 1. The molecule has 0 aliphatic rings. The monoisotopic (exact) mass is 210 g/mol. The molecule has 0 aromatic carbocycles. The van der Waals surface area contributed by atoms with Gasteiger partial charge in [0.1, 0.15) is 0 Å². The van der Waals surface area contributed by atoms with Gasteiger partial charge in [0.05, 0.1) is 0 Å². The Bertz CT molecular complexity index is 63.9. The van der Waals surface area contributed by atoms with Crippen LogP contribution in [0, 0.1) is 0 Å². The standard InChI is InChI=1S/ClH.K.H3O4P.2H2O.H/c;;1-5(2,3)4;;;/h1H;;(H3,1,2,3,4);2*1H2;/q;+1;;;;-1. The molecule has 0 radical (unpaired) electrons. The van der Waals surface area contributed by atoms with E-state index in [1.165, 1.54) is 0 Å². The summed E-state index contributed by atoms with van der Waals surface area (Å²) in [4.78, 5) is 21.6. The predicted octanol–water partition coefficient (Wildman–Crippen LogP) is -5.04. The third-order valence-electron chi connectivity index (χ3n) is 0. The Labute approximate surface area is 102 Å². The largest absolute Gasteiger partial charge is 1.00 e. The van der Waals surface area contributed by atoms with Gasteiger partial charge in [-0.15, -0.1) is 12.4 Å². The van der Waals surface area contributed by atoms with Gasteiger partial charge in [0, 0.05) is 0 Å². The van der Waals surface area contributed by atoms with Crippen molar-refractivity contribution in [2.24, 2.45) is 0 Å². The molecule has 0 saturated carbocycles. The molecule has 0 aromatic heterocycles. The van der Waals surface area contributed by atoms with Gasteiger partial charge >= 0.3 is 59.2 Å². The van der Waals surface area contributed by atoms with E-state index in [1.54, 1.807) is 0 Å². The molecule has 0 aromatic rings. The molecule has 7 N–H and O–H groups in total. The summed E-state index contributed by atoms with van der Waals surface area (Å²) >= 11 is 0. The minimum Gasteiger partial charge on any atom is -1.00 e. The van der Waals surface area contributed by atoms with Gasteiger partial charge in [0.15, 0.2) is 0 Å². The average molecular weight is 211 g/mol. The van der Waals surface area contributed by atoms with Crippen LogP contribution in [-0.2, 0) is 4.57 Å². The van der Waals surface area contributed by atoms with Crippen LogP contribution < -0.4 is 51.4 Å². The topological polar surface area (TPSA) is 141 Å². The second-order valence-electron chi connectivity index (χ2n) is 0.513. The van der Waals surface area contributed by atoms with Gasteiger partial charge in [-0.3, -0.25) is 0 Å². The van der Waals surface area contributed by atoms with Crippen LogP contribution in [0.4, 0.5) is 0 Å². The summed E-state index contributed by atoms with van der Waals surface area (Å²) in [7, 11) is -4.64. The SMILES string of the molecule is Cl.O.O.O=P(O)(O)O.[H-].[K+]. The van der Waals surface area contributed by atoms with Crippen molar-refractivity contribution in [2.75, 3.05) is 0 Å². The molecular weight excluding hydrogens is 202 g/mol. The van der Waals surface area contributed by atoms with Crippen molar-refractivity contribution in [3.8, 4) is 0 Å².